The van der Waals surface area contributed by atoms with E-state index in [-0.39, 0.29) is 5.56 Å². The number of aromatic amines is 2. The zero-order chi connectivity index (χ0) is 14.8. The summed E-state index contributed by atoms with van der Waals surface area (Å²) in [4.78, 5) is 11.2. The molecule has 4 nitrogen and oxygen atoms in total. The summed E-state index contributed by atoms with van der Waals surface area (Å²) >= 11 is 0. The first-order valence-electron chi connectivity index (χ1n) is 7.76. The van der Waals surface area contributed by atoms with E-state index in [2.05, 4.69) is 41.5 Å². The summed E-state index contributed by atoms with van der Waals surface area (Å²) in [7, 11) is 0. The molecule has 1 aliphatic carbocycles. The largest absolute Gasteiger partial charge is 0.382 e. The predicted molar refractivity (Wildman–Crippen MR) is 86.4 cm³/mol. The number of benzene rings is 1. The van der Waals surface area contributed by atoms with Crippen LogP contribution in [0.25, 0.3) is 11.3 Å². The molecule has 1 aliphatic rings. The highest BCUT2D eigenvalue weighted by molar-refractivity contribution is 5.62. The van der Waals surface area contributed by atoms with Crippen LogP contribution in [0.15, 0.2) is 35.1 Å². The van der Waals surface area contributed by atoms with Crippen LogP contribution in [-0.2, 0) is 0 Å². The maximum atomic E-state index is 11.2. The molecule has 0 aliphatic heterocycles. The minimum absolute atomic E-state index is 0.0997. The maximum Gasteiger partial charge on any atom is 0.264 e. The molecule has 0 spiro atoms. The molecule has 3 N–H and O–H groups in total. The third kappa shape index (κ3) is 3.20. The van der Waals surface area contributed by atoms with E-state index < -0.39 is 0 Å². The average Bonchev–Trinajstić information content (AvgIpc) is 2.89. The fraction of sp³-hybridized carbons (Fsp3) is 0.471. The second-order valence-electron chi connectivity index (χ2n) is 6.40. The van der Waals surface area contributed by atoms with Crippen molar-refractivity contribution in [3.8, 4) is 11.3 Å². The lowest BCUT2D eigenvalue weighted by Gasteiger charge is -2.33. The molecule has 0 radical (unpaired) electrons. The molecule has 0 saturated heterocycles. The van der Waals surface area contributed by atoms with E-state index in [1.165, 1.54) is 19.3 Å². The van der Waals surface area contributed by atoms with E-state index in [1.807, 2.05) is 12.1 Å². The van der Waals surface area contributed by atoms with E-state index in [4.69, 9.17) is 0 Å². The molecule has 3 atom stereocenters. The third-order valence-corrected chi connectivity index (χ3v) is 4.58. The zero-order valence-corrected chi connectivity index (χ0v) is 12.6. The topological polar surface area (TPSA) is 60.7 Å². The van der Waals surface area contributed by atoms with Crippen LogP contribution < -0.4 is 10.9 Å². The Hall–Kier alpha value is -1.97. The first kappa shape index (κ1) is 14.0. The molecule has 0 bridgehead atoms. The van der Waals surface area contributed by atoms with Crippen LogP contribution in [0.4, 0.5) is 5.69 Å². The standard InChI is InChI=1S/C17H23N3O/c1-11-3-8-15(12(2)9-11)18-14-6-4-13(5-7-14)16-10-17(21)20-19-16/h4-7,10-12,15,18H,3,8-9H2,1-2H3,(H2,19,20,21). The summed E-state index contributed by atoms with van der Waals surface area (Å²) in [6.45, 7) is 4.69. The molecule has 3 rings (SSSR count). The van der Waals surface area contributed by atoms with Crippen LogP contribution in [0, 0.1) is 11.8 Å². The second kappa shape index (κ2) is 5.80. The highest BCUT2D eigenvalue weighted by Crippen LogP contribution is 2.31. The van der Waals surface area contributed by atoms with Gasteiger partial charge in [0.25, 0.3) is 5.56 Å². The first-order chi connectivity index (χ1) is 10.1. The molecular weight excluding hydrogens is 262 g/mol. The Morgan fingerprint density at radius 3 is 2.48 bits per heavy atom. The number of hydrogen-bond acceptors (Lipinski definition) is 2. The van der Waals surface area contributed by atoms with Crippen molar-refractivity contribution in [3.63, 3.8) is 0 Å². The van der Waals surface area contributed by atoms with Crippen LogP contribution in [0.5, 0.6) is 0 Å². The quantitative estimate of drug-likeness (QED) is 0.807. The van der Waals surface area contributed by atoms with Gasteiger partial charge in [-0.2, -0.15) is 0 Å². The average molecular weight is 285 g/mol. The van der Waals surface area contributed by atoms with Gasteiger partial charge in [-0.15, -0.1) is 0 Å². The Labute approximate surface area is 125 Å². The summed E-state index contributed by atoms with van der Waals surface area (Å²) in [6.07, 6.45) is 3.86. The minimum atomic E-state index is -0.0997. The van der Waals surface area contributed by atoms with Crippen molar-refractivity contribution in [3.05, 3.63) is 40.7 Å². The number of nitrogens with one attached hydrogen (secondary N) is 3. The van der Waals surface area contributed by atoms with Crippen LogP contribution in [-0.4, -0.2) is 16.2 Å². The summed E-state index contributed by atoms with van der Waals surface area (Å²) < 4.78 is 0. The molecular formula is C17H23N3O. The predicted octanol–water partition coefficient (Wildman–Crippen LogP) is 3.61. The van der Waals surface area contributed by atoms with Crippen molar-refractivity contribution >= 4 is 5.69 Å². The molecule has 1 aromatic heterocycles. The SMILES string of the molecule is CC1CCC(Nc2ccc(-c3cc(=O)[nH][nH]3)cc2)C(C)C1. The van der Waals surface area contributed by atoms with Gasteiger partial charge in [0.05, 0.1) is 5.69 Å². The van der Waals surface area contributed by atoms with Gasteiger partial charge in [-0.25, -0.2) is 0 Å². The normalized spacial score (nSPS) is 25.7. The molecule has 1 aromatic carbocycles. The number of anilines is 1. The van der Waals surface area contributed by atoms with Crippen LogP contribution in [0.1, 0.15) is 33.1 Å². The van der Waals surface area contributed by atoms with Crippen molar-refractivity contribution in [1.29, 1.82) is 0 Å². The second-order valence-corrected chi connectivity index (χ2v) is 6.40. The summed E-state index contributed by atoms with van der Waals surface area (Å²) in [5.74, 6) is 1.57. The van der Waals surface area contributed by atoms with Crippen molar-refractivity contribution in [2.45, 2.75) is 39.2 Å². The monoisotopic (exact) mass is 285 g/mol. The van der Waals surface area contributed by atoms with Gasteiger partial charge in [-0.05, 0) is 48.8 Å². The smallest absolute Gasteiger partial charge is 0.264 e. The summed E-state index contributed by atoms with van der Waals surface area (Å²) in [5, 5.41) is 9.09. The molecule has 1 heterocycles. The fourth-order valence-electron chi connectivity index (χ4n) is 3.33. The number of H-pyrrole nitrogens is 2. The summed E-state index contributed by atoms with van der Waals surface area (Å²) in [5.41, 5.74) is 2.90. The highest BCUT2D eigenvalue weighted by atomic mass is 16.1. The van der Waals surface area contributed by atoms with Gasteiger partial charge in [-0.3, -0.25) is 15.0 Å². The van der Waals surface area contributed by atoms with Crippen molar-refractivity contribution in [2.24, 2.45) is 11.8 Å². The van der Waals surface area contributed by atoms with Crippen LogP contribution in [0.2, 0.25) is 0 Å². The van der Waals surface area contributed by atoms with E-state index in [9.17, 15) is 4.79 Å². The highest BCUT2D eigenvalue weighted by Gasteiger charge is 2.24. The van der Waals surface area contributed by atoms with E-state index in [1.54, 1.807) is 6.07 Å². The fourth-order valence-corrected chi connectivity index (χ4v) is 3.33. The number of rotatable bonds is 3. The van der Waals surface area contributed by atoms with Gasteiger partial charge < -0.3 is 5.32 Å². The molecule has 2 aromatic rings. The Kier molecular flexibility index (Phi) is 3.86. The molecule has 112 valence electrons. The van der Waals surface area contributed by atoms with Crippen molar-refractivity contribution < 1.29 is 0 Å². The van der Waals surface area contributed by atoms with Crippen LogP contribution in [0.3, 0.4) is 0 Å². The first-order valence-corrected chi connectivity index (χ1v) is 7.76. The van der Waals surface area contributed by atoms with E-state index in [0.717, 1.165) is 28.8 Å². The lowest BCUT2D eigenvalue weighted by molar-refractivity contribution is 0.276. The molecule has 3 unspecified atom stereocenters. The van der Waals surface area contributed by atoms with Gasteiger partial charge in [0, 0.05) is 17.8 Å². The Bertz CT molecular complexity index is 641. The Morgan fingerprint density at radius 1 is 1.10 bits per heavy atom. The maximum absolute atomic E-state index is 11.2. The van der Waals surface area contributed by atoms with E-state index in [0.29, 0.717) is 6.04 Å². The molecule has 4 heteroatoms. The van der Waals surface area contributed by atoms with Crippen LogP contribution >= 0.6 is 0 Å². The van der Waals surface area contributed by atoms with Gasteiger partial charge >= 0.3 is 0 Å². The summed E-state index contributed by atoms with van der Waals surface area (Å²) in [6, 6.07) is 10.4. The molecule has 21 heavy (non-hydrogen) atoms. The molecule has 1 saturated carbocycles. The van der Waals surface area contributed by atoms with Gasteiger partial charge in [0.2, 0.25) is 0 Å². The third-order valence-electron chi connectivity index (χ3n) is 4.58. The van der Waals surface area contributed by atoms with E-state index >= 15 is 0 Å². The van der Waals surface area contributed by atoms with Gasteiger partial charge in [0.15, 0.2) is 0 Å². The van der Waals surface area contributed by atoms with Gasteiger partial charge in [-0.1, -0.05) is 26.0 Å². The Balaban J connectivity index is 1.68. The lowest BCUT2D eigenvalue weighted by atomic mass is 9.80. The number of hydrogen-bond donors (Lipinski definition) is 3. The zero-order valence-electron chi connectivity index (χ0n) is 12.6. The van der Waals surface area contributed by atoms with Crippen molar-refractivity contribution in [2.75, 3.05) is 5.32 Å². The Morgan fingerprint density at radius 2 is 1.86 bits per heavy atom. The minimum Gasteiger partial charge on any atom is -0.382 e. The molecule has 1 fully saturated rings. The molecule has 0 amide bonds. The van der Waals surface area contributed by atoms with Crippen molar-refractivity contribution in [1.82, 2.24) is 10.2 Å². The van der Waals surface area contributed by atoms with Gasteiger partial charge in [0.1, 0.15) is 0 Å². The lowest BCUT2D eigenvalue weighted by Crippen LogP contribution is -2.32. The number of aromatic nitrogens is 2.